The fourth-order valence-electron chi connectivity index (χ4n) is 4.03. The van der Waals surface area contributed by atoms with Crippen molar-refractivity contribution in [2.75, 3.05) is 17.2 Å². The lowest BCUT2D eigenvalue weighted by Crippen LogP contribution is -2.38. The van der Waals surface area contributed by atoms with Gasteiger partial charge in [-0.2, -0.15) is 13.2 Å². The fraction of sp³-hybridized carbons (Fsp3) is 0.333. The van der Waals surface area contributed by atoms with Crippen LogP contribution >= 0.6 is 0 Å². The van der Waals surface area contributed by atoms with Gasteiger partial charge in [-0.1, -0.05) is 19.9 Å². The van der Waals surface area contributed by atoms with E-state index in [2.05, 4.69) is 10.6 Å². The number of rotatable bonds is 4. The van der Waals surface area contributed by atoms with Gasteiger partial charge in [0.05, 0.1) is 11.3 Å². The number of halogens is 3. The number of hydrogen-bond donors (Lipinski definition) is 2. The number of ether oxygens (including phenoxy) is 2. The Hall–Kier alpha value is -3.49. The van der Waals surface area contributed by atoms with Crippen LogP contribution in [0.5, 0.6) is 11.5 Å². The summed E-state index contributed by atoms with van der Waals surface area (Å²) in [4.78, 5) is 24.3. The monoisotopic (exact) mass is 460 g/mol. The van der Waals surface area contributed by atoms with Crippen LogP contribution in [0, 0.1) is 0 Å². The van der Waals surface area contributed by atoms with E-state index >= 15 is 0 Å². The number of fused-ring (bicyclic) bond motifs is 2. The molecular formula is C24H23F3N2O4. The average molecular weight is 460 g/mol. The van der Waals surface area contributed by atoms with E-state index in [9.17, 15) is 22.8 Å². The van der Waals surface area contributed by atoms with E-state index in [1.165, 1.54) is 12.1 Å². The summed E-state index contributed by atoms with van der Waals surface area (Å²) in [5.41, 5.74) is 0.451. The van der Waals surface area contributed by atoms with Crippen LogP contribution < -0.4 is 20.1 Å². The van der Waals surface area contributed by atoms with Crippen molar-refractivity contribution in [1.29, 1.82) is 0 Å². The van der Waals surface area contributed by atoms with Crippen LogP contribution in [0.25, 0.3) is 5.57 Å². The number of benzene rings is 2. The maximum Gasteiger partial charge on any atom is 0.416 e. The molecule has 2 aliphatic rings. The zero-order chi connectivity index (χ0) is 23.8. The number of alkyl halides is 3. The van der Waals surface area contributed by atoms with Gasteiger partial charge in [0.2, 0.25) is 5.91 Å². The number of nitrogens with one attached hydrogen (secondary N) is 2. The number of carbonyl (C=O) groups excluding carboxylic acids is 2. The Balaban J connectivity index is 1.64. The predicted molar refractivity (Wildman–Crippen MR) is 117 cm³/mol. The van der Waals surface area contributed by atoms with E-state index in [-0.39, 0.29) is 18.3 Å². The minimum atomic E-state index is -4.50. The first-order chi connectivity index (χ1) is 15.6. The highest BCUT2D eigenvalue weighted by molar-refractivity contribution is 6.05. The molecule has 33 heavy (non-hydrogen) atoms. The Morgan fingerprint density at radius 1 is 1.15 bits per heavy atom. The number of carbonyl (C=O) groups is 2. The zero-order valence-corrected chi connectivity index (χ0v) is 18.1. The molecule has 0 unspecified atom stereocenters. The van der Waals surface area contributed by atoms with Crippen molar-refractivity contribution in [3.8, 4) is 11.5 Å². The maximum absolute atomic E-state index is 13.2. The van der Waals surface area contributed by atoms with E-state index in [1.54, 1.807) is 18.2 Å². The molecule has 0 saturated carbocycles. The molecule has 2 N–H and O–H groups in total. The van der Waals surface area contributed by atoms with Crippen LogP contribution in [0.3, 0.4) is 0 Å². The summed E-state index contributed by atoms with van der Waals surface area (Å²) in [6.07, 6.45) is -1.57. The van der Waals surface area contributed by atoms with Crippen molar-refractivity contribution in [1.82, 2.24) is 0 Å². The summed E-state index contributed by atoms with van der Waals surface area (Å²) in [6, 6.07) is 8.19. The summed E-state index contributed by atoms with van der Waals surface area (Å²) in [7, 11) is 0. The third-order valence-corrected chi connectivity index (χ3v) is 5.97. The molecule has 0 aromatic heterocycles. The smallest absolute Gasteiger partial charge is 0.416 e. The molecule has 2 heterocycles. The van der Waals surface area contributed by atoms with Crippen molar-refractivity contribution in [3.63, 3.8) is 0 Å². The molecule has 6 nitrogen and oxygen atoms in total. The molecule has 2 amide bonds. The first kappa shape index (κ1) is 22.7. The summed E-state index contributed by atoms with van der Waals surface area (Å²) in [5.74, 6) is -0.115. The molecule has 0 atom stereocenters. The minimum Gasteiger partial charge on any atom is -0.486 e. The van der Waals surface area contributed by atoms with Gasteiger partial charge in [-0.3, -0.25) is 9.59 Å². The number of amides is 2. The first-order valence-electron chi connectivity index (χ1n) is 10.6. The SMILES string of the molecule is CCC1(CC)CC(=CC(=O)Nc2ccc3c(c2)NC(=O)CO3)c2ccc(C(F)(F)F)cc2O1. The average Bonchev–Trinajstić information content (AvgIpc) is 2.77. The molecule has 0 radical (unpaired) electrons. The quantitative estimate of drug-likeness (QED) is 0.599. The third-order valence-electron chi connectivity index (χ3n) is 5.97. The van der Waals surface area contributed by atoms with Crippen molar-refractivity contribution in [3.05, 3.63) is 53.6 Å². The van der Waals surface area contributed by atoms with E-state index in [0.717, 1.165) is 12.1 Å². The molecule has 2 aromatic rings. The van der Waals surface area contributed by atoms with Crippen LogP contribution in [0.4, 0.5) is 24.5 Å². The Bertz CT molecular complexity index is 1140. The maximum atomic E-state index is 13.2. The molecule has 9 heteroatoms. The van der Waals surface area contributed by atoms with Gasteiger partial charge in [-0.15, -0.1) is 0 Å². The van der Waals surface area contributed by atoms with Gasteiger partial charge in [0.25, 0.3) is 5.91 Å². The number of anilines is 2. The molecule has 2 aliphatic heterocycles. The van der Waals surface area contributed by atoms with Gasteiger partial charge in [0.1, 0.15) is 17.1 Å². The lowest BCUT2D eigenvalue weighted by atomic mass is 9.83. The molecule has 0 saturated heterocycles. The summed E-state index contributed by atoms with van der Waals surface area (Å²) in [5, 5.41) is 5.41. The topological polar surface area (TPSA) is 76.7 Å². The van der Waals surface area contributed by atoms with Crippen LogP contribution in [-0.4, -0.2) is 24.0 Å². The second-order valence-electron chi connectivity index (χ2n) is 8.08. The largest absolute Gasteiger partial charge is 0.486 e. The van der Waals surface area contributed by atoms with Crippen LogP contribution in [0.1, 0.15) is 44.2 Å². The van der Waals surface area contributed by atoms with Gasteiger partial charge < -0.3 is 20.1 Å². The zero-order valence-electron chi connectivity index (χ0n) is 18.1. The number of hydrogen-bond acceptors (Lipinski definition) is 4. The molecular weight excluding hydrogens is 437 g/mol. The van der Waals surface area contributed by atoms with Crippen molar-refractivity contribution < 1.29 is 32.2 Å². The van der Waals surface area contributed by atoms with Crippen molar-refractivity contribution >= 4 is 28.8 Å². The van der Waals surface area contributed by atoms with Gasteiger partial charge in [-0.05, 0) is 48.7 Å². The molecule has 174 valence electrons. The molecule has 0 bridgehead atoms. The molecule has 4 rings (SSSR count). The van der Waals surface area contributed by atoms with Crippen LogP contribution in [0.15, 0.2) is 42.5 Å². The summed E-state index contributed by atoms with van der Waals surface area (Å²) < 4.78 is 51.1. The Morgan fingerprint density at radius 3 is 2.61 bits per heavy atom. The minimum absolute atomic E-state index is 0.0705. The standard InChI is InChI=1S/C24H23F3N2O4/c1-3-23(4-2)12-14(17-7-5-15(24(25,26)27)10-20(17)33-23)9-21(30)28-16-6-8-19-18(11-16)29-22(31)13-32-19/h5-11H,3-4,12-13H2,1-2H3,(H,28,30)(H,29,31). The normalized spacial score (nSPS) is 17.8. The lowest BCUT2D eigenvalue weighted by Gasteiger charge is -2.39. The van der Waals surface area contributed by atoms with E-state index in [4.69, 9.17) is 9.47 Å². The van der Waals surface area contributed by atoms with Crippen LogP contribution in [0.2, 0.25) is 0 Å². The highest BCUT2D eigenvalue weighted by atomic mass is 19.4. The Morgan fingerprint density at radius 2 is 1.91 bits per heavy atom. The highest BCUT2D eigenvalue weighted by Gasteiger charge is 2.38. The molecule has 0 aliphatic carbocycles. The lowest BCUT2D eigenvalue weighted by molar-refractivity contribution is -0.137. The van der Waals surface area contributed by atoms with Gasteiger partial charge in [0.15, 0.2) is 6.61 Å². The predicted octanol–water partition coefficient (Wildman–Crippen LogP) is 5.40. The Labute approximate surface area is 188 Å². The second kappa shape index (κ2) is 8.46. The first-order valence-corrected chi connectivity index (χ1v) is 10.6. The Kier molecular flexibility index (Phi) is 5.82. The highest BCUT2D eigenvalue weighted by Crippen LogP contribution is 2.45. The second-order valence-corrected chi connectivity index (χ2v) is 8.08. The van der Waals surface area contributed by atoms with E-state index in [0.29, 0.717) is 47.5 Å². The van der Waals surface area contributed by atoms with E-state index in [1.807, 2.05) is 13.8 Å². The summed E-state index contributed by atoms with van der Waals surface area (Å²) >= 11 is 0. The molecule has 0 spiro atoms. The molecule has 2 aromatic carbocycles. The molecule has 0 fully saturated rings. The van der Waals surface area contributed by atoms with Crippen molar-refractivity contribution in [2.24, 2.45) is 0 Å². The van der Waals surface area contributed by atoms with E-state index < -0.39 is 23.2 Å². The summed E-state index contributed by atoms with van der Waals surface area (Å²) in [6.45, 7) is 3.74. The van der Waals surface area contributed by atoms with Crippen molar-refractivity contribution in [2.45, 2.75) is 44.9 Å². The fourth-order valence-corrected chi connectivity index (χ4v) is 4.03. The van der Waals surface area contributed by atoms with Gasteiger partial charge >= 0.3 is 6.18 Å². The van der Waals surface area contributed by atoms with Gasteiger partial charge in [0, 0.05) is 23.7 Å². The van der Waals surface area contributed by atoms with Crippen LogP contribution in [-0.2, 0) is 15.8 Å². The van der Waals surface area contributed by atoms with Gasteiger partial charge in [-0.25, -0.2) is 0 Å². The third kappa shape index (κ3) is 4.67.